The standard InChI is InChI=1S/C20H23N3O3/c1-12-14-6-5-13(10-23-16-7-9-22-11-15(16)21)4-3-8-20(2)18(26-20)17(14)25-19(12)24/h4,7,9-11,14,17-18H,1,3,5-6,8,21H2,2H3/b13-4+,23-10?/t14-,17-,18-,20+/m0/s1. The molecular formula is C20H23N3O3. The van der Waals surface area contributed by atoms with Gasteiger partial charge in [0.15, 0.2) is 0 Å². The predicted molar refractivity (Wildman–Crippen MR) is 99.1 cm³/mol. The van der Waals surface area contributed by atoms with Crippen LogP contribution >= 0.6 is 0 Å². The minimum absolute atomic E-state index is 0.00443. The summed E-state index contributed by atoms with van der Waals surface area (Å²) in [5.41, 5.74) is 8.62. The van der Waals surface area contributed by atoms with E-state index in [9.17, 15) is 4.79 Å². The van der Waals surface area contributed by atoms with Gasteiger partial charge < -0.3 is 15.2 Å². The molecule has 0 spiro atoms. The lowest BCUT2D eigenvalue weighted by molar-refractivity contribution is -0.140. The zero-order chi connectivity index (χ0) is 18.3. The monoisotopic (exact) mass is 353 g/mol. The number of anilines is 1. The molecule has 0 radical (unpaired) electrons. The van der Waals surface area contributed by atoms with E-state index < -0.39 is 0 Å². The van der Waals surface area contributed by atoms with Crippen molar-refractivity contribution in [1.29, 1.82) is 0 Å². The number of ether oxygens (including phenoxy) is 2. The molecule has 1 aromatic rings. The lowest BCUT2D eigenvalue weighted by Gasteiger charge is -2.19. The number of carbonyl (C=O) groups excluding carboxylic acids is 1. The fraction of sp³-hybridized carbons (Fsp3) is 0.450. The number of nitrogen functional groups attached to an aromatic ring is 1. The van der Waals surface area contributed by atoms with Crippen molar-refractivity contribution in [2.24, 2.45) is 10.9 Å². The molecule has 4 rings (SSSR count). The number of aliphatic imine (C=N–C) groups is 1. The second kappa shape index (κ2) is 6.36. The first-order valence-corrected chi connectivity index (χ1v) is 8.98. The number of carbonyl (C=O) groups is 1. The number of hydrogen-bond acceptors (Lipinski definition) is 6. The molecule has 2 aliphatic heterocycles. The van der Waals surface area contributed by atoms with E-state index in [4.69, 9.17) is 15.2 Å². The summed E-state index contributed by atoms with van der Waals surface area (Å²) in [5.74, 6) is -0.295. The van der Waals surface area contributed by atoms with Crippen molar-refractivity contribution in [2.45, 2.75) is 50.4 Å². The number of allylic oxidation sites excluding steroid dienone is 2. The molecule has 3 aliphatic rings. The van der Waals surface area contributed by atoms with E-state index in [0.717, 1.165) is 31.3 Å². The second-order valence-corrected chi connectivity index (χ2v) is 7.40. The van der Waals surface area contributed by atoms with Crippen molar-refractivity contribution in [1.82, 2.24) is 4.98 Å². The van der Waals surface area contributed by atoms with Gasteiger partial charge in [0, 0.05) is 23.9 Å². The molecule has 4 atom stereocenters. The maximum Gasteiger partial charge on any atom is 0.334 e. The normalized spacial score (nSPS) is 36.0. The Morgan fingerprint density at radius 1 is 1.50 bits per heavy atom. The number of esters is 1. The Balaban J connectivity index is 1.56. The van der Waals surface area contributed by atoms with Crippen LogP contribution < -0.4 is 5.73 Å². The molecule has 0 bridgehead atoms. The van der Waals surface area contributed by atoms with Crippen molar-refractivity contribution in [3.8, 4) is 0 Å². The molecule has 2 N–H and O–H groups in total. The Kier molecular flexibility index (Phi) is 4.15. The van der Waals surface area contributed by atoms with Gasteiger partial charge >= 0.3 is 5.97 Å². The molecule has 6 nitrogen and oxygen atoms in total. The minimum atomic E-state index is -0.291. The van der Waals surface area contributed by atoms with Crippen molar-refractivity contribution in [2.75, 3.05) is 5.73 Å². The lowest BCUT2D eigenvalue weighted by Crippen LogP contribution is -2.28. The van der Waals surface area contributed by atoms with Crippen LogP contribution in [0.3, 0.4) is 0 Å². The molecule has 0 amide bonds. The van der Waals surface area contributed by atoms with Gasteiger partial charge in [0.25, 0.3) is 0 Å². The number of pyridine rings is 1. The molecule has 2 saturated heterocycles. The minimum Gasteiger partial charge on any atom is -0.455 e. The summed E-state index contributed by atoms with van der Waals surface area (Å²) in [5, 5.41) is 0. The first-order chi connectivity index (χ1) is 12.5. The zero-order valence-corrected chi connectivity index (χ0v) is 14.9. The van der Waals surface area contributed by atoms with E-state index in [1.807, 2.05) is 6.21 Å². The molecule has 0 unspecified atom stereocenters. The largest absolute Gasteiger partial charge is 0.455 e. The maximum atomic E-state index is 12.0. The van der Waals surface area contributed by atoms with Crippen LogP contribution in [0.4, 0.5) is 11.4 Å². The molecule has 1 aliphatic carbocycles. The zero-order valence-electron chi connectivity index (χ0n) is 14.9. The number of aromatic nitrogens is 1. The van der Waals surface area contributed by atoms with Gasteiger partial charge in [-0.05, 0) is 44.2 Å². The summed E-state index contributed by atoms with van der Waals surface area (Å²) in [7, 11) is 0. The van der Waals surface area contributed by atoms with Crippen molar-refractivity contribution < 1.29 is 14.3 Å². The first-order valence-electron chi connectivity index (χ1n) is 8.98. The van der Waals surface area contributed by atoms with Crippen molar-refractivity contribution >= 4 is 23.6 Å². The quantitative estimate of drug-likeness (QED) is 0.382. The smallest absolute Gasteiger partial charge is 0.334 e. The van der Waals surface area contributed by atoms with Crippen LogP contribution in [-0.2, 0) is 14.3 Å². The second-order valence-electron chi connectivity index (χ2n) is 7.40. The summed E-state index contributed by atoms with van der Waals surface area (Å²) in [4.78, 5) is 20.5. The third-order valence-electron chi connectivity index (χ3n) is 5.58. The molecule has 0 saturated carbocycles. The van der Waals surface area contributed by atoms with Gasteiger partial charge in [-0.2, -0.15) is 0 Å². The third kappa shape index (κ3) is 3.05. The summed E-state index contributed by atoms with van der Waals surface area (Å²) in [6.45, 7) is 6.03. The maximum absolute atomic E-state index is 12.0. The van der Waals surface area contributed by atoms with E-state index in [1.165, 1.54) is 0 Å². The van der Waals surface area contributed by atoms with E-state index in [2.05, 4.69) is 29.6 Å². The van der Waals surface area contributed by atoms with Crippen molar-refractivity contribution in [3.05, 3.63) is 42.3 Å². The number of hydrogen-bond donors (Lipinski definition) is 1. The average molecular weight is 353 g/mol. The molecular weight excluding hydrogens is 330 g/mol. The van der Waals surface area contributed by atoms with Crippen LogP contribution in [0.2, 0.25) is 0 Å². The highest BCUT2D eigenvalue weighted by Gasteiger charge is 2.61. The molecule has 0 aromatic carbocycles. The molecule has 6 heteroatoms. The van der Waals surface area contributed by atoms with Crippen LogP contribution in [0.15, 0.2) is 47.3 Å². The molecule has 26 heavy (non-hydrogen) atoms. The van der Waals surface area contributed by atoms with Crippen LogP contribution in [0.5, 0.6) is 0 Å². The number of epoxide rings is 1. The summed E-state index contributed by atoms with van der Waals surface area (Å²) in [6.07, 6.45) is 10.5. The number of fused-ring (bicyclic) bond motifs is 3. The summed E-state index contributed by atoms with van der Waals surface area (Å²) >= 11 is 0. The van der Waals surface area contributed by atoms with Crippen LogP contribution in [0.1, 0.15) is 32.6 Å². The fourth-order valence-corrected chi connectivity index (χ4v) is 3.87. The number of nitrogens with two attached hydrogens (primary N) is 1. The molecule has 1 aromatic heterocycles. The highest BCUT2D eigenvalue weighted by Crippen LogP contribution is 2.49. The molecule has 3 heterocycles. The fourth-order valence-electron chi connectivity index (χ4n) is 3.87. The van der Waals surface area contributed by atoms with Gasteiger partial charge in [-0.1, -0.05) is 12.7 Å². The highest BCUT2D eigenvalue weighted by atomic mass is 16.6. The van der Waals surface area contributed by atoms with Gasteiger partial charge in [-0.3, -0.25) is 9.98 Å². The lowest BCUT2D eigenvalue weighted by atomic mass is 9.84. The summed E-state index contributed by atoms with van der Waals surface area (Å²) in [6, 6.07) is 1.79. The van der Waals surface area contributed by atoms with Gasteiger partial charge in [0.1, 0.15) is 12.2 Å². The van der Waals surface area contributed by atoms with Gasteiger partial charge in [0.2, 0.25) is 0 Å². The SMILES string of the molecule is C=C1C(=O)O[C@H]2[C@H]1CC/C(C=Nc1ccncc1N)=C\CC[C@@]1(C)O[C@@H]21. The Morgan fingerprint density at radius 3 is 3.15 bits per heavy atom. The van der Waals surface area contributed by atoms with Gasteiger partial charge in [-0.25, -0.2) is 4.79 Å². The third-order valence-corrected chi connectivity index (χ3v) is 5.58. The average Bonchev–Trinajstić information content (AvgIpc) is 3.21. The van der Waals surface area contributed by atoms with Gasteiger partial charge in [0.05, 0.1) is 23.2 Å². The van der Waals surface area contributed by atoms with E-state index in [0.29, 0.717) is 16.9 Å². The van der Waals surface area contributed by atoms with Gasteiger partial charge in [-0.15, -0.1) is 0 Å². The van der Waals surface area contributed by atoms with E-state index in [1.54, 1.807) is 18.5 Å². The number of rotatable bonds is 2. The molecule has 136 valence electrons. The van der Waals surface area contributed by atoms with Crippen LogP contribution in [-0.4, -0.2) is 35.0 Å². The Labute approximate surface area is 152 Å². The number of nitrogens with zero attached hydrogens (tertiary/aromatic N) is 2. The predicted octanol–water partition coefficient (Wildman–Crippen LogP) is 3.12. The van der Waals surface area contributed by atoms with E-state index >= 15 is 0 Å². The Hall–Kier alpha value is -2.47. The molecule has 2 fully saturated rings. The van der Waals surface area contributed by atoms with Crippen LogP contribution in [0, 0.1) is 5.92 Å². The first kappa shape index (κ1) is 17.0. The Bertz CT molecular complexity index is 816. The topological polar surface area (TPSA) is 90.1 Å². The summed E-state index contributed by atoms with van der Waals surface area (Å²) < 4.78 is 11.5. The Morgan fingerprint density at radius 2 is 2.35 bits per heavy atom. The highest BCUT2D eigenvalue weighted by molar-refractivity contribution is 5.91. The van der Waals surface area contributed by atoms with E-state index in [-0.39, 0.29) is 29.7 Å². The van der Waals surface area contributed by atoms with Crippen molar-refractivity contribution in [3.63, 3.8) is 0 Å². The van der Waals surface area contributed by atoms with Crippen LogP contribution in [0.25, 0.3) is 0 Å².